The summed E-state index contributed by atoms with van der Waals surface area (Å²) in [6, 6.07) is 5.28. The van der Waals surface area contributed by atoms with Gasteiger partial charge in [0.15, 0.2) is 0 Å². The van der Waals surface area contributed by atoms with Crippen LogP contribution in [0.25, 0.3) is 11.0 Å². The Kier molecular flexibility index (Phi) is 4.94. The predicted octanol–water partition coefficient (Wildman–Crippen LogP) is -1.33. The number of carboxylic acid groups (broad SMARTS) is 1. The van der Waals surface area contributed by atoms with Gasteiger partial charge in [-0.1, -0.05) is 0 Å². The van der Waals surface area contributed by atoms with Crippen molar-refractivity contribution in [2.45, 2.75) is 30.7 Å². The largest absolute Gasteiger partial charge is 0.477 e. The van der Waals surface area contributed by atoms with Crippen LogP contribution in [0.15, 0.2) is 33.5 Å². The maximum absolute atomic E-state index is 11.6. The quantitative estimate of drug-likeness (QED) is 0.408. The summed E-state index contributed by atoms with van der Waals surface area (Å²) in [6.07, 6.45) is -7.23. The van der Waals surface area contributed by atoms with Crippen LogP contribution in [0.3, 0.4) is 0 Å². The van der Waals surface area contributed by atoms with Crippen LogP contribution >= 0.6 is 0 Å². The van der Waals surface area contributed by atoms with Crippen LogP contribution < -0.4 is 10.4 Å². The molecular formula is C16H16O10. The summed E-state index contributed by atoms with van der Waals surface area (Å²) in [5.74, 6) is -1.32. The van der Waals surface area contributed by atoms with E-state index in [9.17, 15) is 24.9 Å². The third-order valence-electron chi connectivity index (χ3n) is 4.04. The second kappa shape index (κ2) is 7.02. The molecule has 1 aliphatic rings. The van der Waals surface area contributed by atoms with E-state index in [2.05, 4.69) is 0 Å². The molecule has 5 N–H and O–H groups in total. The molecule has 1 fully saturated rings. The molecule has 1 aromatic heterocycles. The maximum Gasteiger partial charge on any atom is 0.351 e. The molecule has 5 atom stereocenters. The number of benzene rings is 1. The molecule has 0 radical (unpaired) electrons. The Hall–Kier alpha value is -2.50. The third kappa shape index (κ3) is 3.28. The molecule has 1 saturated heterocycles. The number of aliphatic hydroxyl groups is 4. The Labute approximate surface area is 145 Å². The van der Waals surface area contributed by atoms with Gasteiger partial charge < -0.3 is 39.4 Å². The molecule has 10 nitrogen and oxygen atoms in total. The Bertz CT molecular complexity index is 873. The third-order valence-corrected chi connectivity index (χ3v) is 4.04. The fourth-order valence-electron chi connectivity index (χ4n) is 2.61. The van der Waals surface area contributed by atoms with Crippen LogP contribution in [-0.4, -0.2) is 68.8 Å². The highest BCUT2D eigenvalue weighted by Crippen LogP contribution is 2.26. The van der Waals surface area contributed by atoms with E-state index in [-0.39, 0.29) is 11.3 Å². The molecule has 1 aliphatic heterocycles. The standard InChI is InChI=1S/C16H16O10/c17-5-10-11(18)12(19)13(20)16(26-10)24-7-2-1-6-3-8(14(21)22)15(23)25-9(6)4-7/h1-4,10-13,16-20H,5H2,(H,21,22)/t10-,11+,12+,13+,16-/m1/s1. The number of hydrogen-bond donors (Lipinski definition) is 5. The summed E-state index contributed by atoms with van der Waals surface area (Å²) in [4.78, 5) is 22.6. The van der Waals surface area contributed by atoms with Crippen LogP contribution in [0.4, 0.5) is 0 Å². The fraction of sp³-hybridized carbons (Fsp3) is 0.375. The number of rotatable bonds is 4. The van der Waals surface area contributed by atoms with Gasteiger partial charge in [-0.05, 0) is 18.2 Å². The molecule has 0 unspecified atom stereocenters. The van der Waals surface area contributed by atoms with Crippen molar-refractivity contribution in [2.75, 3.05) is 6.61 Å². The Morgan fingerprint density at radius 2 is 1.85 bits per heavy atom. The van der Waals surface area contributed by atoms with Gasteiger partial charge in [-0.25, -0.2) is 9.59 Å². The molecule has 0 saturated carbocycles. The molecule has 26 heavy (non-hydrogen) atoms. The number of carboxylic acids is 1. The van der Waals surface area contributed by atoms with E-state index >= 15 is 0 Å². The molecule has 2 aromatic rings. The number of carbonyl (C=O) groups is 1. The fourth-order valence-corrected chi connectivity index (χ4v) is 2.61. The summed E-state index contributed by atoms with van der Waals surface area (Å²) in [5, 5.41) is 47.9. The Morgan fingerprint density at radius 3 is 2.50 bits per heavy atom. The highest BCUT2D eigenvalue weighted by molar-refractivity contribution is 5.91. The van der Waals surface area contributed by atoms with E-state index in [1.165, 1.54) is 18.2 Å². The zero-order valence-corrected chi connectivity index (χ0v) is 13.2. The molecule has 2 heterocycles. The highest BCUT2D eigenvalue weighted by Gasteiger charge is 2.44. The van der Waals surface area contributed by atoms with Gasteiger partial charge in [-0.2, -0.15) is 0 Å². The summed E-state index contributed by atoms with van der Waals surface area (Å²) in [7, 11) is 0. The van der Waals surface area contributed by atoms with Gasteiger partial charge in [-0.15, -0.1) is 0 Å². The van der Waals surface area contributed by atoms with Gasteiger partial charge in [0, 0.05) is 11.5 Å². The highest BCUT2D eigenvalue weighted by atomic mass is 16.7. The lowest BCUT2D eigenvalue weighted by atomic mass is 9.99. The number of fused-ring (bicyclic) bond motifs is 1. The monoisotopic (exact) mass is 368 g/mol. The van der Waals surface area contributed by atoms with Crippen molar-refractivity contribution in [2.24, 2.45) is 0 Å². The summed E-state index contributed by atoms with van der Waals surface area (Å²) in [5.41, 5.74) is -1.50. The Balaban J connectivity index is 1.88. The van der Waals surface area contributed by atoms with Gasteiger partial charge in [0.25, 0.3) is 0 Å². The first-order valence-electron chi connectivity index (χ1n) is 7.60. The van der Waals surface area contributed by atoms with Crippen molar-refractivity contribution in [1.82, 2.24) is 0 Å². The number of aliphatic hydroxyl groups excluding tert-OH is 4. The van der Waals surface area contributed by atoms with Crippen molar-refractivity contribution >= 4 is 16.9 Å². The van der Waals surface area contributed by atoms with Gasteiger partial charge in [-0.3, -0.25) is 0 Å². The smallest absolute Gasteiger partial charge is 0.351 e. The van der Waals surface area contributed by atoms with Crippen molar-refractivity contribution in [3.63, 3.8) is 0 Å². The SMILES string of the molecule is O=C(O)c1cc2ccc(O[C@@H]3O[C@H](CO)[C@H](O)[C@H](O)[C@@H]3O)cc2oc1=O. The van der Waals surface area contributed by atoms with Crippen molar-refractivity contribution in [3.8, 4) is 5.75 Å². The van der Waals surface area contributed by atoms with E-state index in [0.29, 0.717) is 5.39 Å². The predicted molar refractivity (Wildman–Crippen MR) is 83.8 cm³/mol. The lowest BCUT2D eigenvalue weighted by Gasteiger charge is -2.39. The molecule has 10 heteroatoms. The topological polar surface area (TPSA) is 167 Å². The first-order chi connectivity index (χ1) is 12.3. The minimum Gasteiger partial charge on any atom is -0.477 e. The van der Waals surface area contributed by atoms with Crippen LogP contribution in [0.5, 0.6) is 5.75 Å². The lowest BCUT2D eigenvalue weighted by molar-refractivity contribution is -0.277. The zero-order chi connectivity index (χ0) is 19.0. The van der Waals surface area contributed by atoms with E-state index in [4.69, 9.17) is 24.1 Å². The van der Waals surface area contributed by atoms with Crippen molar-refractivity contribution < 1.29 is 44.2 Å². The van der Waals surface area contributed by atoms with E-state index in [0.717, 1.165) is 6.07 Å². The van der Waals surface area contributed by atoms with Gasteiger partial charge >= 0.3 is 11.6 Å². The summed E-state index contributed by atoms with van der Waals surface area (Å²) >= 11 is 0. The van der Waals surface area contributed by atoms with Gasteiger partial charge in [0.1, 0.15) is 41.3 Å². The normalized spacial score (nSPS) is 28.8. The average molecular weight is 368 g/mol. The van der Waals surface area contributed by atoms with Gasteiger partial charge in [0.05, 0.1) is 6.61 Å². The van der Waals surface area contributed by atoms with Gasteiger partial charge in [0.2, 0.25) is 6.29 Å². The van der Waals surface area contributed by atoms with Crippen LogP contribution in [0, 0.1) is 0 Å². The molecule has 0 spiro atoms. The molecule has 0 aliphatic carbocycles. The number of hydrogen-bond acceptors (Lipinski definition) is 9. The summed E-state index contributed by atoms with van der Waals surface area (Å²) in [6.45, 7) is -0.602. The summed E-state index contributed by atoms with van der Waals surface area (Å²) < 4.78 is 15.6. The van der Waals surface area contributed by atoms with Crippen molar-refractivity contribution in [1.29, 1.82) is 0 Å². The van der Waals surface area contributed by atoms with E-state index < -0.39 is 54.5 Å². The maximum atomic E-state index is 11.6. The Morgan fingerprint density at radius 1 is 1.12 bits per heavy atom. The molecule has 3 rings (SSSR count). The van der Waals surface area contributed by atoms with Crippen molar-refractivity contribution in [3.05, 3.63) is 40.2 Å². The lowest BCUT2D eigenvalue weighted by Crippen LogP contribution is -2.60. The second-order valence-electron chi connectivity index (χ2n) is 5.77. The second-order valence-corrected chi connectivity index (χ2v) is 5.77. The minimum absolute atomic E-state index is 0.0436. The number of ether oxygens (including phenoxy) is 2. The van der Waals surface area contributed by atoms with Crippen LogP contribution in [0.2, 0.25) is 0 Å². The van der Waals surface area contributed by atoms with E-state index in [1.54, 1.807) is 0 Å². The average Bonchev–Trinajstić information content (AvgIpc) is 2.61. The van der Waals surface area contributed by atoms with E-state index in [1.807, 2.05) is 0 Å². The minimum atomic E-state index is -1.59. The zero-order valence-electron chi connectivity index (χ0n) is 13.2. The molecule has 0 amide bonds. The van der Waals surface area contributed by atoms with Crippen LogP contribution in [-0.2, 0) is 4.74 Å². The first-order valence-corrected chi connectivity index (χ1v) is 7.60. The number of aromatic carboxylic acids is 1. The molecule has 0 bridgehead atoms. The molecule has 1 aromatic carbocycles. The van der Waals surface area contributed by atoms with Crippen LogP contribution in [0.1, 0.15) is 10.4 Å². The molecule has 140 valence electrons. The first kappa shape index (κ1) is 18.3. The molecular weight excluding hydrogens is 352 g/mol.